The van der Waals surface area contributed by atoms with Gasteiger partial charge in [0.05, 0.1) is 23.3 Å². The van der Waals surface area contributed by atoms with Gasteiger partial charge in [0.25, 0.3) is 5.92 Å². The molecular formula is C18H21F2N3O2. The number of para-hydroxylation sites is 1. The number of nitrogens with zero attached hydrogens (tertiary/aromatic N) is 2. The molecule has 25 heavy (non-hydrogen) atoms. The molecule has 0 unspecified atom stereocenters. The Kier molecular flexibility index (Phi) is 5.13. The average Bonchev–Trinajstić information content (AvgIpc) is 3.00. The Morgan fingerprint density at radius 2 is 2.00 bits per heavy atom. The zero-order valence-corrected chi connectivity index (χ0v) is 13.7. The van der Waals surface area contributed by atoms with Crippen molar-refractivity contribution >= 4 is 5.97 Å². The minimum Gasteiger partial charge on any atom is -0.481 e. The molecule has 1 heterocycles. The van der Waals surface area contributed by atoms with Crippen LogP contribution in [-0.4, -0.2) is 32.8 Å². The molecule has 2 atom stereocenters. The van der Waals surface area contributed by atoms with Crippen molar-refractivity contribution in [3.63, 3.8) is 0 Å². The maximum atomic E-state index is 14.3. The average molecular weight is 349 g/mol. The third-order valence-corrected chi connectivity index (χ3v) is 4.68. The third-order valence-electron chi connectivity index (χ3n) is 4.68. The minimum absolute atomic E-state index is 0.0170. The summed E-state index contributed by atoms with van der Waals surface area (Å²) in [6.07, 6.45) is 1.81. The van der Waals surface area contributed by atoms with E-state index >= 15 is 0 Å². The molecule has 2 aromatic rings. The Bertz CT molecular complexity index is 718. The molecule has 2 N–H and O–H groups in total. The monoisotopic (exact) mass is 349 g/mol. The molecule has 0 spiro atoms. The number of carbonyl (C=O) groups is 1. The van der Waals surface area contributed by atoms with E-state index in [1.165, 1.54) is 0 Å². The zero-order valence-electron chi connectivity index (χ0n) is 13.7. The number of aromatic nitrogens is 2. The fourth-order valence-corrected chi connectivity index (χ4v) is 3.17. The van der Waals surface area contributed by atoms with E-state index in [0.717, 1.165) is 5.69 Å². The Hall–Kier alpha value is -2.28. The Balaban J connectivity index is 1.62. The van der Waals surface area contributed by atoms with E-state index in [9.17, 15) is 13.6 Å². The van der Waals surface area contributed by atoms with Gasteiger partial charge in [-0.25, -0.2) is 13.5 Å². The molecule has 0 bridgehead atoms. The molecule has 7 heteroatoms. The largest absolute Gasteiger partial charge is 0.481 e. The van der Waals surface area contributed by atoms with E-state index in [2.05, 4.69) is 10.4 Å². The van der Waals surface area contributed by atoms with Crippen LogP contribution in [0.4, 0.5) is 8.78 Å². The van der Waals surface area contributed by atoms with Crippen LogP contribution < -0.4 is 5.32 Å². The van der Waals surface area contributed by atoms with Crippen molar-refractivity contribution < 1.29 is 18.7 Å². The summed E-state index contributed by atoms with van der Waals surface area (Å²) in [5.41, 5.74) is 1.57. The van der Waals surface area contributed by atoms with Crippen molar-refractivity contribution in [2.24, 2.45) is 5.92 Å². The van der Waals surface area contributed by atoms with Crippen LogP contribution in [0.1, 0.15) is 31.4 Å². The second-order valence-electron chi connectivity index (χ2n) is 6.43. The smallest absolute Gasteiger partial charge is 0.306 e. The van der Waals surface area contributed by atoms with Gasteiger partial charge in [-0.15, -0.1) is 0 Å². The summed E-state index contributed by atoms with van der Waals surface area (Å²) in [6.45, 7) is 0.220. The number of rotatable bonds is 5. The number of nitrogens with one attached hydrogen (secondary N) is 1. The number of hydrogen-bond acceptors (Lipinski definition) is 3. The van der Waals surface area contributed by atoms with Gasteiger partial charge in [0.1, 0.15) is 0 Å². The van der Waals surface area contributed by atoms with Gasteiger partial charge in [0.15, 0.2) is 0 Å². The molecule has 1 aliphatic rings. The summed E-state index contributed by atoms with van der Waals surface area (Å²) in [5.74, 6) is -4.58. The Morgan fingerprint density at radius 3 is 2.72 bits per heavy atom. The van der Waals surface area contributed by atoms with Crippen molar-refractivity contribution in [2.75, 3.05) is 0 Å². The number of benzene rings is 1. The van der Waals surface area contributed by atoms with E-state index in [1.54, 1.807) is 16.9 Å². The number of hydrogen-bond donors (Lipinski definition) is 2. The highest BCUT2D eigenvalue weighted by molar-refractivity contribution is 5.69. The minimum atomic E-state index is -2.91. The first-order chi connectivity index (χ1) is 12.0. The van der Waals surface area contributed by atoms with Crippen LogP contribution in [-0.2, 0) is 11.3 Å². The molecule has 1 aromatic heterocycles. The van der Waals surface area contributed by atoms with Gasteiger partial charge in [-0.1, -0.05) is 18.2 Å². The molecule has 0 radical (unpaired) electrons. The van der Waals surface area contributed by atoms with Crippen molar-refractivity contribution in [3.05, 3.63) is 48.3 Å². The fraction of sp³-hybridized carbons (Fsp3) is 0.444. The highest BCUT2D eigenvalue weighted by atomic mass is 19.3. The lowest BCUT2D eigenvalue weighted by Crippen LogP contribution is -2.43. The summed E-state index contributed by atoms with van der Waals surface area (Å²) in [7, 11) is 0. The summed E-state index contributed by atoms with van der Waals surface area (Å²) >= 11 is 0. The van der Waals surface area contributed by atoms with E-state index in [1.807, 2.05) is 30.3 Å². The van der Waals surface area contributed by atoms with Gasteiger partial charge in [0.2, 0.25) is 0 Å². The number of halogens is 2. The molecule has 134 valence electrons. The van der Waals surface area contributed by atoms with Gasteiger partial charge < -0.3 is 10.4 Å². The van der Waals surface area contributed by atoms with E-state index in [0.29, 0.717) is 5.69 Å². The summed E-state index contributed by atoms with van der Waals surface area (Å²) in [5, 5.41) is 16.3. The maximum Gasteiger partial charge on any atom is 0.306 e. The van der Waals surface area contributed by atoms with E-state index in [4.69, 9.17) is 5.11 Å². The summed E-state index contributed by atoms with van der Waals surface area (Å²) in [4.78, 5) is 11.1. The number of carboxylic acid groups (broad SMARTS) is 1. The van der Waals surface area contributed by atoms with Gasteiger partial charge in [-0.2, -0.15) is 5.10 Å². The van der Waals surface area contributed by atoms with Gasteiger partial charge in [-0.05, 0) is 37.5 Å². The molecule has 1 fully saturated rings. The van der Waals surface area contributed by atoms with Crippen LogP contribution in [0.25, 0.3) is 5.69 Å². The molecule has 1 aromatic carbocycles. The van der Waals surface area contributed by atoms with Crippen molar-refractivity contribution in [1.82, 2.24) is 15.1 Å². The maximum absolute atomic E-state index is 14.3. The topological polar surface area (TPSA) is 67.2 Å². The second kappa shape index (κ2) is 7.31. The number of carboxylic acids is 1. The first-order valence-corrected chi connectivity index (χ1v) is 8.40. The normalized spacial score (nSPS) is 23.1. The van der Waals surface area contributed by atoms with Crippen LogP contribution in [0.3, 0.4) is 0 Å². The fourth-order valence-electron chi connectivity index (χ4n) is 3.17. The molecule has 0 aliphatic heterocycles. The molecular weight excluding hydrogens is 328 g/mol. The van der Waals surface area contributed by atoms with E-state index in [-0.39, 0.29) is 25.8 Å². The Labute approximate surface area is 144 Å². The van der Waals surface area contributed by atoms with Crippen molar-refractivity contribution in [3.8, 4) is 5.69 Å². The lowest BCUT2D eigenvalue weighted by molar-refractivity contribution is -0.142. The van der Waals surface area contributed by atoms with Gasteiger partial charge >= 0.3 is 5.97 Å². The number of aliphatic carboxylic acids is 1. The second-order valence-corrected chi connectivity index (χ2v) is 6.43. The summed E-state index contributed by atoms with van der Waals surface area (Å²) in [6, 6.07) is 10.3. The first kappa shape index (κ1) is 17.5. The standard InChI is InChI=1S/C18H21F2N3O2/c19-18(20)10-8-13(17(24)25)6-7-16(18)21-12-14-9-11-23(22-14)15-4-2-1-3-5-15/h1-5,9,11,13,16,21H,6-8,10,12H2,(H,24,25)/t13-,16-/m1/s1. The highest BCUT2D eigenvalue weighted by Gasteiger charge is 2.42. The van der Waals surface area contributed by atoms with Crippen molar-refractivity contribution in [2.45, 2.75) is 44.2 Å². The van der Waals surface area contributed by atoms with Crippen LogP contribution >= 0.6 is 0 Å². The van der Waals surface area contributed by atoms with Gasteiger partial charge in [-0.3, -0.25) is 4.79 Å². The zero-order chi connectivity index (χ0) is 17.9. The predicted molar refractivity (Wildman–Crippen MR) is 88.7 cm³/mol. The lowest BCUT2D eigenvalue weighted by atomic mass is 10.0. The van der Waals surface area contributed by atoms with Crippen LogP contribution in [0.15, 0.2) is 42.6 Å². The molecule has 0 amide bonds. The quantitative estimate of drug-likeness (QED) is 0.813. The Morgan fingerprint density at radius 1 is 1.24 bits per heavy atom. The van der Waals surface area contributed by atoms with E-state index < -0.39 is 30.3 Å². The van der Waals surface area contributed by atoms with Crippen LogP contribution in [0, 0.1) is 5.92 Å². The molecule has 3 rings (SSSR count). The number of alkyl halides is 2. The molecule has 1 aliphatic carbocycles. The molecule has 1 saturated carbocycles. The molecule has 0 saturated heterocycles. The first-order valence-electron chi connectivity index (χ1n) is 8.40. The highest BCUT2D eigenvalue weighted by Crippen LogP contribution is 2.35. The van der Waals surface area contributed by atoms with Gasteiger partial charge in [0, 0.05) is 19.2 Å². The van der Waals surface area contributed by atoms with Crippen LogP contribution in [0.5, 0.6) is 0 Å². The lowest BCUT2D eigenvalue weighted by Gasteiger charge is -2.25. The molecule has 5 nitrogen and oxygen atoms in total. The summed E-state index contributed by atoms with van der Waals surface area (Å²) < 4.78 is 30.2. The van der Waals surface area contributed by atoms with Crippen molar-refractivity contribution in [1.29, 1.82) is 0 Å². The SMILES string of the molecule is O=C(O)[C@@H]1CC[C@@H](NCc2ccn(-c3ccccc3)n2)C(F)(F)CC1. The van der Waals surface area contributed by atoms with Crippen LogP contribution in [0.2, 0.25) is 0 Å². The predicted octanol–water partition coefficient (Wildman–Crippen LogP) is 3.24. The third kappa shape index (κ3) is 4.22.